The number of fused-ring (bicyclic) bond motifs is 1. The van der Waals surface area contributed by atoms with Crippen LogP contribution in [-0.2, 0) is 19.5 Å². The van der Waals surface area contributed by atoms with E-state index in [4.69, 9.17) is 10.2 Å². The van der Waals surface area contributed by atoms with Gasteiger partial charge in [-0.05, 0) is 49.7 Å². The monoisotopic (exact) mass is 350 g/mol. The van der Waals surface area contributed by atoms with Gasteiger partial charge in [-0.2, -0.15) is 0 Å². The van der Waals surface area contributed by atoms with Gasteiger partial charge in [-0.3, -0.25) is 9.69 Å². The maximum atomic E-state index is 12.6. The molecule has 3 heterocycles. The lowest BCUT2D eigenvalue weighted by molar-refractivity contribution is 0.221. The summed E-state index contributed by atoms with van der Waals surface area (Å²) >= 11 is 0. The predicted molar refractivity (Wildman–Crippen MR) is 101 cm³/mol. The molecule has 2 aromatic heterocycles. The number of hydrogen-bond acceptors (Lipinski definition) is 5. The molecule has 0 bridgehead atoms. The maximum Gasteiger partial charge on any atom is 0.255 e. The van der Waals surface area contributed by atoms with Crippen molar-refractivity contribution in [3.63, 3.8) is 0 Å². The molecule has 0 aliphatic carbocycles. The van der Waals surface area contributed by atoms with E-state index >= 15 is 0 Å². The van der Waals surface area contributed by atoms with E-state index in [1.165, 1.54) is 0 Å². The van der Waals surface area contributed by atoms with Crippen molar-refractivity contribution in [2.75, 3.05) is 12.3 Å². The molecule has 6 heteroatoms. The average Bonchev–Trinajstić information content (AvgIpc) is 2.93. The van der Waals surface area contributed by atoms with Gasteiger partial charge >= 0.3 is 0 Å². The van der Waals surface area contributed by atoms with Gasteiger partial charge in [0.2, 0.25) is 0 Å². The first-order chi connectivity index (χ1) is 12.5. The molecule has 26 heavy (non-hydrogen) atoms. The number of aryl methyl sites for hydroxylation is 2. The number of hydrogen-bond donors (Lipinski definition) is 2. The predicted octanol–water partition coefficient (Wildman–Crippen LogP) is 2.79. The number of rotatable bonds is 3. The molecular formula is C20H22N4O2. The van der Waals surface area contributed by atoms with Crippen molar-refractivity contribution in [3.05, 3.63) is 69.0 Å². The van der Waals surface area contributed by atoms with E-state index < -0.39 is 0 Å². The summed E-state index contributed by atoms with van der Waals surface area (Å²) in [7, 11) is 0. The molecule has 1 aliphatic heterocycles. The molecule has 6 nitrogen and oxygen atoms in total. The van der Waals surface area contributed by atoms with E-state index in [0.29, 0.717) is 24.6 Å². The number of aromatic nitrogens is 2. The Kier molecular flexibility index (Phi) is 4.12. The van der Waals surface area contributed by atoms with Gasteiger partial charge in [0.25, 0.3) is 5.56 Å². The molecule has 0 amide bonds. The van der Waals surface area contributed by atoms with E-state index in [-0.39, 0.29) is 5.56 Å². The largest absolute Gasteiger partial charge is 0.465 e. The van der Waals surface area contributed by atoms with Crippen molar-refractivity contribution in [1.82, 2.24) is 14.9 Å². The summed E-state index contributed by atoms with van der Waals surface area (Å²) in [5.41, 5.74) is 9.99. The van der Waals surface area contributed by atoms with Gasteiger partial charge in [0.05, 0.1) is 17.8 Å². The Morgan fingerprint density at radius 1 is 1.27 bits per heavy atom. The number of nitrogens with two attached hydrogens (primary N) is 1. The van der Waals surface area contributed by atoms with E-state index in [0.717, 1.165) is 46.9 Å². The second-order valence-corrected chi connectivity index (χ2v) is 6.87. The van der Waals surface area contributed by atoms with E-state index in [1.54, 1.807) is 0 Å². The zero-order valence-electron chi connectivity index (χ0n) is 15.0. The third-order valence-electron chi connectivity index (χ3n) is 4.93. The van der Waals surface area contributed by atoms with Crippen molar-refractivity contribution in [1.29, 1.82) is 0 Å². The van der Waals surface area contributed by atoms with Crippen LogP contribution in [0, 0.1) is 13.8 Å². The number of nitrogens with zero attached hydrogens (tertiary/aromatic N) is 2. The Hall–Kier alpha value is -2.86. The minimum Gasteiger partial charge on any atom is -0.465 e. The fraction of sp³-hybridized carbons (Fsp3) is 0.300. The quantitative estimate of drug-likeness (QED) is 0.709. The lowest BCUT2D eigenvalue weighted by atomic mass is 10.1. The van der Waals surface area contributed by atoms with Gasteiger partial charge in [-0.1, -0.05) is 0 Å². The molecule has 0 unspecified atom stereocenters. The van der Waals surface area contributed by atoms with Crippen LogP contribution in [0.5, 0.6) is 0 Å². The maximum absolute atomic E-state index is 12.6. The van der Waals surface area contributed by atoms with E-state index in [1.807, 2.05) is 38.1 Å². The van der Waals surface area contributed by atoms with Crippen LogP contribution < -0.4 is 11.3 Å². The van der Waals surface area contributed by atoms with Crippen LogP contribution in [0.3, 0.4) is 0 Å². The van der Waals surface area contributed by atoms with Crippen molar-refractivity contribution < 1.29 is 4.42 Å². The van der Waals surface area contributed by atoms with Gasteiger partial charge in [-0.25, -0.2) is 4.98 Å². The third-order valence-corrected chi connectivity index (χ3v) is 4.93. The smallest absolute Gasteiger partial charge is 0.255 e. The summed E-state index contributed by atoms with van der Waals surface area (Å²) in [6.07, 6.45) is 0.750. The SMILES string of the molecule is Cc1cc(CN2CCc3nc(-c4ccc(N)cc4)[nH]c(=O)c3C2)oc1C. The topological polar surface area (TPSA) is 88.2 Å². The first-order valence-electron chi connectivity index (χ1n) is 8.76. The fourth-order valence-corrected chi connectivity index (χ4v) is 3.34. The first kappa shape index (κ1) is 16.6. The number of H-pyrrole nitrogens is 1. The number of furan rings is 1. The van der Waals surface area contributed by atoms with Crippen molar-refractivity contribution in [3.8, 4) is 11.4 Å². The Morgan fingerprint density at radius 3 is 2.73 bits per heavy atom. The minimum absolute atomic E-state index is 0.0710. The fourth-order valence-electron chi connectivity index (χ4n) is 3.34. The summed E-state index contributed by atoms with van der Waals surface area (Å²) in [4.78, 5) is 22.4. The molecule has 0 radical (unpaired) electrons. The first-order valence-corrected chi connectivity index (χ1v) is 8.76. The lowest BCUT2D eigenvalue weighted by Crippen LogP contribution is -2.35. The van der Waals surface area contributed by atoms with Crippen LogP contribution in [0.2, 0.25) is 0 Å². The van der Waals surface area contributed by atoms with Crippen molar-refractivity contribution in [2.45, 2.75) is 33.4 Å². The zero-order valence-corrected chi connectivity index (χ0v) is 15.0. The Labute approximate surface area is 151 Å². The van der Waals surface area contributed by atoms with E-state index in [2.05, 4.69) is 20.9 Å². The van der Waals surface area contributed by atoms with Gasteiger partial charge in [-0.15, -0.1) is 0 Å². The van der Waals surface area contributed by atoms with Gasteiger partial charge in [0.1, 0.15) is 17.3 Å². The Bertz CT molecular complexity index is 982. The van der Waals surface area contributed by atoms with Crippen LogP contribution in [0.4, 0.5) is 5.69 Å². The average molecular weight is 350 g/mol. The molecule has 1 aromatic carbocycles. The zero-order chi connectivity index (χ0) is 18.3. The molecule has 3 N–H and O–H groups in total. The highest BCUT2D eigenvalue weighted by Crippen LogP contribution is 2.22. The molecular weight excluding hydrogens is 328 g/mol. The molecule has 0 atom stereocenters. The molecule has 1 aliphatic rings. The van der Waals surface area contributed by atoms with Crippen LogP contribution in [0.25, 0.3) is 11.4 Å². The highest BCUT2D eigenvalue weighted by molar-refractivity contribution is 5.58. The lowest BCUT2D eigenvalue weighted by Gasteiger charge is -2.26. The minimum atomic E-state index is -0.0710. The van der Waals surface area contributed by atoms with Crippen LogP contribution in [0.1, 0.15) is 28.3 Å². The number of anilines is 1. The molecule has 0 fully saturated rings. The summed E-state index contributed by atoms with van der Waals surface area (Å²) in [5.74, 6) is 2.48. The summed E-state index contributed by atoms with van der Waals surface area (Å²) in [6.45, 7) is 6.15. The second kappa shape index (κ2) is 6.46. The van der Waals surface area contributed by atoms with Crippen molar-refractivity contribution >= 4 is 5.69 Å². The van der Waals surface area contributed by atoms with Crippen LogP contribution in [0.15, 0.2) is 39.5 Å². The van der Waals surface area contributed by atoms with E-state index in [9.17, 15) is 4.79 Å². The molecule has 134 valence electrons. The highest BCUT2D eigenvalue weighted by atomic mass is 16.3. The van der Waals surface area contributed by atoms with Gasteiger partial charge in [0, 0.05) is 30.8 Å². The number of nitrogen functional groups attached to an aromatic ring is 1. The number of aromatic amines is 1. The van der Waals surface area contributed by atoms with Gasteiger partial charge in [0.15, 0.2) is 0 Å². The Balaban J connectivity index is 1.58. The number of nitrogens with one attached hydrogen (secondary N) is 1. The summed E-state index contributed by atoms with van der Waals surface area (Å²) < 4.78 is 5.77. The normalized spacial score (nSPS) is 14.4. The molecule has 0 saturated carbocycles. The van der Waals surface area contributed by atoms with Crippen LogP contribution in [-0.4, -0.2) is 21.4 Å². The van der Waals surface area contributed by atoms with Crippen molar-refractivity contribution in [2.24, 2.45) is 0 Å². The summed E-state index contributed by atoms with van der Waals surface area (Å²) in [6, 6.07) is 9.43. The summed E-state index contributed by atoms with van der Waals surface area (Å²) in [5, 5.41) is 0. The van der Waals surface area contributed by atoms with Gasteiger partial charge < -0.3 is 15.1 Å². The third kappa shape index (κ3) is 3.15. The highest BCUT2D eigenvalue weighted by Gasteiger charge is 2.22. The molecule has 3 aromatic rings. The number of benzene rings is 1. The molecule has 4 rings (SSSR count). The van der Waals surface area contributed by atoms with Crippen LogP contribution >= 0.6 is 0 Å². The molecule has 0 saturated heterocycles. The second-order valence-electron chi connectivity index (χ2n) is 6.87. The standard InChI is InChI=1S/C20H22N4O2/c1-12-9-16(26-13(12)2)10-24-8-7-18-17(11-24)20(25)23-19(22-18)14-3-5-15(21)6-4-14/h3-6,9H,7-8,10-11,21H2,1-2H3,(H,22,23,25). The molecule has 0 spiro atoms. The Morgan fingerprint density at radius 2 is 2.04 bits per heavy atom.